The third-order valence-electron chi connectivity index (χ3n) is 5.62. The molecule has 1 amide bonds. The van der Waals surface area contributed by atoms with E-state index < -0.39 is 0 Å². The molecular formula is C21H24FN3O. The molecule has 2 saturated heterocycles. The van der Waals surface area contributed by atoms with E-state index in [2.05, 4.69) is 9.88 Å². The monoisotopic (exact) mass is 353 g/mol. The lowest BCUT2D eigenvalue weighted by Gasteiger charge is -2.22. The Morgan fingerprint density at radius 1 is 1.08 bits per heavy atom. The molecule has 1 aromatic heterocycles. The van der Waals surface area contributed by atoms with Gasteiger partial charge in [-0.25, -0.2) is 4.39 Å². The van der Waals surface area contributed by atoms with E-state index >= 15 is 0 Å². The highest BCUT2D eigenvalue weighted by Gasteiger charge is 2.41. The number of carbonyl (C=O) groups is 1. The number of aromatic nitrogens is 1. The molecule has 0 saturated carbocycles. The number of rotatable bonds is 5. The molecule has 0 radical (unpaired) electrons. The third kappa shape index (κ3) is 3.78. The van der Waals surface area contributed by atoms with Crippen LogP contribution in [0.5, 0.6) is 0 Å². The van der Waals surface area contributed by atoms with Gasteiger partial charge in [0.15, 0.2) is 0 Å². The molecule has 0 spiro atoms. The number of carbonyl (C=O) groups excluding carboxylic acids is 1. The molecule has 0 N–H and O–H groups in total. The van der Waals surface area contributed by atoms with Gasteiger partial charge in [0.2, 0.25) is 5.91 Å². The molecule has 2 atom stereocenters. The summed E-state index contributed by atoms with van der Waals surface area (Å²) in [5.74, 6) is 1.15. The van der Waals surface area contributed by atoms with Gasteiger partial charge >= 0.3 is 0 Å². The van der Waals surface area contributed by atoms with Gasteiger partial charge < -0.3 is 4.90 Å². The number of likely N-dealkylation sites (tertiary alicyclic amines) is 2. The van der Waals surface area contributed by atoms with Gasteiger partial charge in [0.05, 0.1) is 0 Å². The first kappa shape index (κ1) is 17.2. The van der Waals surface area contributed by atoms with Crippen LogP contribution in [-0.2, 0) is 17.8 Å². The van der Waals surface area contributed by atoms with Crippen LogP contribution < -0.4 is 0 Å². The number of aryl methyl sites for hydroxylation is 1. The van der Waals surface area contributed by atoms with Crippen molar-refractivity contribution in [3.05, 3.63) is 65.7 Å². The van der Waals surface area contributed by atoms with E-state index in [1.165, 1.54) is 6.07 Å². The number of hydrogen-bond donors (Lipinski definition) is 0. The van der Waals surface area contributed by atoms with E-state index in [0.717, 1.165) is 43.7 Å². The second kappa shape index (κ2) is 7.54. The molecule has 1 aromatic carbocycles. The Labute approximate surface area is 153 Å². The fourth-order valence-electron chi connectivity index (χ4n) is 4.25. The van der Waals surface area contributed by atoms with Crippen LogP contribution in [0.4, 0.5) is 4.39 Å². The first-order valence-electron chi connectivity index (χ1n) is 9.31. The smallest absolute Gasteiger partial charge is 0.222 e. The second-order valence-corrected chi connectivity index (χ2v) is 7.47. The topological polar surface area (TPSA) is 36.4 Å². The molecule has 4 rings (SSSR count). The average molecular weight is 353 g/mol. The molecule has 2 aliphatic heterocycles. The molecule has 26 heavy (non-hydrogen) atoms. The summed E-state index contributed by atoms with van der Waals surface area (Å²) in [6, 6.07) is 10.9. The Morgan fingerprint density at radius 3 is 2.54 bits per heavy atom. The molecule has 4 nitrogen and oxygen atoms in total. The number of hydrogen-bond acceptors (Lipinski definition) is 3. The maximum Gasteiger partial charge on any atom is 0.222 e. The SMILES string of the molecule is O=C(CCc1cccnc1)N1C[C@H]2CN(Cc3ccccc3F)C[C@@H]2C1. The third-order valence-corrected chi connectivity index (χ3v) is 5.62. The number of amides is 1. The van der Waals surface area contributed by atoms with Gasteiger partial charge in [-0.3, -0.25) is 14.7 Å². The minimum absolute atomic E-state index is 0.128. The minimum Gasteiger partial charge on any atom is -0.342 e. The van der Waals surface area contributed by atoms with Crippen molar-refractivity contribution in [3.8, 4) is 0 Å². The summed E-state index contributed by atoms with van der Waals surface area (Å²) in [5.41, 5.74) is 1.87. The Bertz CT molecular complexity index is 753. The lowest BCUT2D eigenvalue weighted by molar-refractivity contribution is -0.130. The minimum atomic E-state index is -0.128. The largest absolute Gasteiger partial charge is 0.342 e. The fraction of sp³-hybridized carbons (Fsp3) is 0.429. The molecule has 2 fully saturated rings. The zero-order valence-electron chi connectivity index (χ0n) is 14.9. The summed E-state index contributed by atoms with van der Waals surface area (Å²) in [4.78, 5) is 21.0. The number of halogens is 1. The summed E-state index contributed by atoms with van der Waals surface area (Å²) in [6.07, 6.45) is 4.87. The van der Waals surface area contributed by atoms with Gasteiger partial charge in [-0.05, 0) is 36.0 Å². The first-order chi connectivity index (χ1) is 12.7. The van der Waals surface area contributed by atoms with E-state index in [4.69, 9.17) is 0 Å². The molecule has 2 aliphatic rings. The van der Waals surface area contributed by atoms with Crippen LogP contribution in [0.2, 0.25) is 0 Å². The van der Waals surface area contributed by atoms with Crippen LogP contribution in [0, 0.1) is 17.7 Å². The Kier molecular flexibility index (Phi) is 4.98. The van der Waals surface area contributed by atoms with Crippen molar-refractivity contribution in [2.45, 2.75) is 19.4 Å². The predicted octanol–water partition coefficient (Wildman–Crippen LogP) is 2.74. The van der Waals surface area contributed by atoms with Crippen LogP contribution >= 0.6 is 0 Å². The van der Waals surface area contributed by atoms with Gasteiger partial charge in [-0.15, -0.1) is 0 Å². The molecule has 0 bridgehead atoms. The van der Waals surface area contributed by atoms with Crippen molar-refractivity contribution < 1.29 is 9.18 Å². The number of fused-ring (bicyclic) bond motifs is 1. The molecule has 0 unspecified atom stereocenters. The molecule has 0 aliphatic carbocycles. The van der Waals surface area contributed by atoms with Crippen LogP contribution in [-0.4, -0.2) is 46.9 Å². The standard InChI is InChI=1S/C21H24FN3O/c22-20-6-2-1-5-17(20)11-24-12-18-14-25(15-19(18)13-24)21(26)8-7-16-4-3-9-23-10-16/h1-6,9-10,18-19H,7-8,11-15H2/t18-,19-/m1/s1. The highest BCUT2D eigenvalue weighted by molar-refractivity contribution is 5.76. The normalized spacial score (nSPS) is 22.6. The van der Waals surface area contributed by atoms with E-state index in [-0.39, 0.29) is 11.7 Å². The predicted molar refractivity (Wildman–Crippen MR) is 97.8 cm³/mol. The molecule has 3 heterocycles. The summed E-state index contributed by atoms with van der Waals surface area (Å²) < 4.78 is 13.8. The van der Waals surface area contributed by atoms with E-state index in [1.54, 1.807) is 12.3 Å². The van der Waals surface area contributed by atoms with Crippen molar-refractivity contribution in [2.75, 3.05) is 26.2 Å². The van der Waals surface area contributed by atoms with Crippen molar-refractivity contribution in [1.82, 2.24) is 14.8 Å². The van der Waals surface area contributed by atoms with Crippen LogP contribution in [0.15, 0.2) is 48.8 Å². The highest BCUT2D eigenvalue weighted by Crippen LogP contribution is 2.32. The lowest BCUT2D eigenvalue weighted by Crippen LogP contribution is -2.33. The fourth-order valence-corrected chi connectivity index (χ4v) is 4.25. The van der Waals surface area contributed by atoms with Crippen molar-refractivity contribution >= 4 is 5.91 Å². The first-order valence-corrected chi connectivity index (χ1v) is 9.31. The van der Waals surface area contributed by atoms with E-state index in [9.17, 15) is 9.18 Å². The Hall–Kier alpha value is -2.27. The van der Waals surface area contributed by atoms with Crippen LogP contribution in [0.1, 0.15) is 17.5 Å². The number of pyridine rings is 1. The van der Waals surface area contributed by atoms with Gasteiger partial charge in [0.25, 0.3) is 0 Å². The molecular weight excluding hydrogens is 329 g/mol. The van der Waals surface area contributed by atoms with E-state index in [0.29, 0.717) is 24.8 Å². The maximum absolute atomic E-state index is 13.8. The molecule has 5 heteroatoms. The molecule has 136 valence electrons. The number of nitrogens with zero attached hydrogens (tertiary/aromatic N) is 3. The second-order valence-electron chi connectivity index (χ2n) is 7.47. The number of benzene rings is 1. The summed E-state index contributed by atoms with van der Waals surface area (Å²) >= 11 is 0. The van der Waals surface area contributed by atoms with Crippen LogP contribution in [0.25, 0.3) is 0 Å². The summed E-state index contributed by atoms with van der Waals surface area (Å²) in [7, 11) is 0. The van der Waals surface area contributed by atoms with Gasteiger partial charge in [-0.2, -0.15) is 0 Å². The zero-order valence-corrected chi connectivity index (χ0v) is 14.9. The van der Waals surface area contributed by atoms with E-state index in [1.807, 2.05) is 35.4 Å². The lowest BCUT2D eigenvalue weighted by atomic mass is 10.0. The summed E-state index contributed by atoms with van der Waals surface area (Å²) in [6.45, 7) is 4.24. The van der Waals surface area contributed by atoms with Crippen molar-refractivity contribution in [2.24, 2.45) is 11.8 Å². The van der Waals surface area contributed by atoms with Crippen LogP contribution in [0.3, 0.4) is 0 Å². The Morgan fingerprint density at radius 2 is 1.85 bits per heavy atom. The van der Waals surface area contributed by atoms with Gasteiger partial charge in [0.1, 0.15) is 5.82 Å². The summed E-state index contributed by atoms with van der Waals surface area (Å²) in [5, 5.41) is 0. The molecule has 2 aromatic rings. The van der Waals surface area contributed by atoms with Crippen molar-refractivity contribution in [1.29, 1.82) is 0 Å². The quantitative estimate of drug-likeness (QED) is 0.829. The highest BCUT2D eigenvalue weighted by atomic mass is 19.1. The maximum atomic E-state index is 13.8. The zero-order chi connectivity index (χ0) is 17.9. The van der Waals surface area contributed by atoms with Gasteiger partial charge in [-0.1, -0.05) is 24.3 Å². The van der Waals surface area contributed by atoms with Gasteiger partial charge in [0, 0.05) is 57.1 Å². The van der Waals surface area contributed by atoms with Crippen molar-refractivity contribution in [3.63, 3.8) is 0 Å². The Balaban J connectivity index is 1.27. The average Bonchev–Trinajstić information content (AvgIpc) is 3.21.